The average Bonchev–Trinajstić information content (AvgIpc) is 2.81. The summed E-state index contributed by atoms with van der Waals surface area (Å²) in [6, 6.07) is 10.6. The van der Waals surface area contributed by atoms with Crippen LogP contribution in [0.25, 0.3) is 5.52 Å². The summed E-state index contributed by atoms with van der Waals surface area (Å²) in [5.41, 5.74) is 2.50. The highest BCUT2D eigenvalue weighted by Crippen LogP contribution is 2.21. The Bertz CT molecular complexity index is 482. The van der Waals surface area contributed by atoms with Crippen LogP contribution in [0.15, 0.2) is 36.5 Å². The van der Waals surface area contributed by atoms with Crippen molar-refractivity contribution in [2.75, 3.05) is 0 Å². The lowest BCUT2D eigenvalue weighted by atomic mass is 9.98. The average molecular weight is 229 g/mol. The van der Waals surface area contributed by atoms with Gasteiger partial charge in [0.25, 0.3) is 0 Å². The van der Waals surface area contributed by atoms with Crippen LogP contribution < -0.4 is 0 Å². The smallest absolute Gasteiger partial charge is 0.0875 e. The van der Waals surface area contributed by atoms with Crippen molar-refractivity contribution in [1.29, 1.82) is 0 Å². The minimum atomic E-state index is 0.484. The Morgan fingerprint density at radius 1 is 1.06 bits per heavy atom. The lowest BCUT2D eigenvalue weighted by Crippen LogP contribution is -2.16. The summed E-state index contributed by atoms with van der Waals surface area (Å²) >= 11 is 0. The van der Waals surface area contributed by atoms with Crippen LogP contribution in [-0.2, 0) is 11.3 Å². The van der Waals surface area contributed by atoms with Gasteiger partial charge in [-0.3, -0.25) is 0 Å². The van der Waals surface area contributed by atoms with Gasteiger partial charge in [-0.1, -0.05) is 25.3 Å². The number of nitrogens with zero attached hydrogens (tertiary/aromatic N) is 1. The van der Waals surface area contributed by atoms with Gasteiger partial charge < -0.3 is 9.14 Å². The molecule has 0 bridgehead atoms. The van der Waals surface area contributed by atoms with Gasteiger partial charge in [0, 0.05) is 17.4 Å². The van der Waals surface area contributed by atoms with Crippen LogP contribution >= 0.6 is 0 Å². The van der Waals surface area contributed by atoms with Crippen LogP contribution in [0, 0.1) is 0 Å². The van der Waals surface area contributed by atoms with Gasteiger partial charge in [-0.2, -0.15) is 0 Å². The van der Waals surface area contributed by atoms with Gasteiger partial charge in [0.1, 0.15) is 0 Å². The highest BCUT2D eigenvalue weighted by Gasteiger charge is 2.14. The van der Waals surface area contributed by atoms with Crippen molar-refractivity contribution in [2.45, 2.75) is 44.8 Å². The Hall–Kier alpha value is -1.28. The molecule has 17 heavy (non-hydrogen) atoms. The Labute approximate surface area is 102 Å². The van der Waals surface area contributed by atoms with Gasteiger partial charge in [0.2, 0.25) is 0 Å². The fourth-order valence-corrected chi connectivity index (χ4v) is 2.67. The molecule has 2 heterocycles. The molecule has 0 radical (unpaired) electrons. The lowest BCUT2D eigenvalue weighted by Gasteiger charge is -2.21. The van der Waals surface area contributed by atoms with Crippen molar-refractivity contribution in [3.05, 3.63) is 42.2 Å². The monoisotopic (exact) mass is 229 g/mol. The summed E-state index contributed by atoms with van der Waals surface area (Å²) in [5, 5.41) is 0. The van der Waals surface area contributed by atoms with E-state index in [9.17, 15) is 0 Å². The van der Waals surface area contributed by atoms with Gasteiger partial charge in [0.15, 0.2) is 0 Å². The van der Waals surface area contributed by atoms with E-state index in [0.717, 1.165) is 6.61 Å². The molecule has 1 fully saturated rings. The topological polar surface area (TPSA) is 13.6 Å². The molecular formula is C15H19NO. The van der Waals surface area contributed by atoms with Crippen molar-refractivity contribution in [3.8, 4) is 0 Å². The largest absolute Gasteiger partial charge is 0.372 e. The van der Waals surface area contributed by atoms with Crippen molar-refractivity contribution >= 4 is 5.52 Å². The predicted octanol–water partition coefficient (Wildman–Crippen LogP) is 3.79. The molecule has 0 N–H and O–H groups in total. The molecule has 2 aromatic rings. The van der Waals surface area contributed by atoms with E-state index in [0.29, 0.717) is 6.10 Å². The zero-order valence-electron chi connectivity index (χ0n) is 10.1. The maximum Gasteiger partial charge on any atom is 0.0875 e. The molecule has 2 heteroatoms. The fraction of sp³-hybridized carbons (Fsp3) is 0.467. The first-order valence-electron chi connectivity index (χ1n) is 6.60. The number of pyridine rings is 1. The number of hydrogen-bond donors (Lipinski definition) is 0. The van der Waals surface area contributed by atoms with E-state index >= 15 is 0 Å². The molecule has 1 aliphatic carbocycles. The van der Waals surface area contributed by atoms with E-state index in [1.807, 2.05) is 0 Å². The van der Waals surface area contributed by atoms with Crippen molar-refractivity contribution in [1.82, 2.24) is 4.40 Å². The number of aromatic nitrogens is 1. The zero-order chi connectivity index (χ0) is 11.5. The molecule has 0 saturated heterocycles. The van der Waals surface area contributed by atoms with E-state index < -0.39 is 0 Å². The Morgan fingerprint density at radius 3 is 2.82 bits per heavy atom. The first-order valence-corrected chi connectivity index (χ1v) is 6.60. The molecule has 0 aliphatic heterocycles. The van der Waals surface area contributed by atoms with Crippen LogP contribution in [0.3, 0.4) is 0 Å². The Kier molecular flexibility index (Phi) is 3.14. The van der Waals surface area contributed by atoms with E-state index in [1.165, 1.54) is 43.3 Å². The molecule has 0 aromatic carbocycles. The van der Waals surface area contributed by atoms with Gasteiger partial charge in [-0.15, -0.1) is 0 Å². The first kappa shape index (κ1) is 10.8. The Morgan fingerprint density at radius 2 is 1.94 bits per heavy atom. The summed E-state index contributed by atoms with van der Waals surface area (Å²) in [6.07, 6.45) is 9.12. The molecule has 1 saturated carbocycles. The van der Waals surface area contributed by atoms with E-state index in [1.54, 1.807) is 0 Å². The molecular weight excluding hydrogens is 210 g/mol. The molecule has 3 rings (SSSR count). The highest BCUT2D eigenvalue weighted by molar-refractivity contribution is 5.49. The van der Waals surface area contributed by atoms with Gasteiger partial charge in [0.05, 0.1) is 12.7 Å². The summed E-state index contributed by atoms with van der Waals surface area (Å²) in [4.78, 5) is 0. The molecule has 0 atom stereocenters. The highest BCUT2D eigenvalue weighted by atomic mass is 16.5. The summed E-state index contributed by atoms with van der Waals surface area (Å²) in [7, 11) is 0. The molecule has 0 amide bonds. The minimum absolute atomic E-state index is 0.484. The summed E-state index contributed by atoms with van der Waals surface area (Å²) in [5.74, 6) is 0. The third-order valence-electron chi connectivity index (χ3n) is 3.67. The molecule has 2 aromatic heterocycles. The quantitative estimate of drug-likeness (QED) is 0.780. The molecule has 90 valence electrons. The maximum atomic E-state index is 6.01. The van der Waals surface area contributed by atoms with Crippen molar-refractivity contribution in [2.24, 2.45) is 0 Å². The normalized spacial score (nSPS) is 17.6. The maximum absolute atomic E-state index is 6.01. The van der Waals surface area contributed by atoms with E-state index in [4.69, 9.17) is 4.74 Å². The van der Waals surface area contributed by atoms with Crippen molar-refractivity contribution < 1.29 is 4.74 Å². The molecule has 2 nitrogen and oxygen atoms in total. The van der Waals surface area contributed by atoms with Gasteiger partial charge in [-0.05, 0) is 37.1 Å². The number of hydrogen-bond acceptors (Lipinski definition) is 1. The van der Waals surface area contributed by atoms with Crippen LogP contribution in [-0.4, -0.2) is 10.5 Å². The van der Waals surface area contributed by atoms with Crippen LogP contribution in [0.2, 0.25) is 0 Å². The van der Waals surface area contributed by atoms with Crippen LogP contribution in [0.4, 0.5) is 0 Å². The van der Waals surface area contributed by atoms with Gasteiger partial charge in [-0.25, -0.2) is 0 Å². The summed E-state index contributed by atoms with van der Waals surface area (Å²) < 4.78 is 8.23. The molecule has 1 aliphatic rings. The van der Waals surface area contributed by atoms with Gasteiger partial charge >= 0.3 is 0 Å². The van der Waals surface area contributed by atoms with E-state index in [2.05, 4.69) is 40.9 Å². The third-order valence-corrected chi connectivity index (χ3v) is 3.67. The predicted molar refractivity (Wildman–Crippen MR) is 69.1 cm³/mol. The minimum Gasteiger partial charge on any atom is -0.372 e. The van der Waals surface area contributed by atoms with Crippen LogP contribution in [0.1, 0.15) is 37.8 Å². The zero-order valence-corrected chi connectivity index (χ0v) is 10.1. The standard InChI is InChI=1S/C15H19NO/c1-2-7-15(8-3-1)17-12-14-10-9-13-6-4-5-11-16(13)14/h4-6,9-11,15H,1-3,7-8,12H2. The molecule has 0 spiro atoms. The van der Waals surface area contributed by atoms with Crippen LogP contribution in [0.5, 0.6) is 0 Å². The second kappa shape index (κ2) is 4.92. The number of rotatable bonds is 3. The number of ether oxygens (including phenoxy) is 1. The summed E-state index contributed by atoms with van der Waals surface area (Å²) in [6.45, 7) is 0.739. The molecule has 0 unspecified atom stereocenters. The second-order valence-electron chi connectivity index (χ2n) is 4.89. The fourth-order valence-electron chi connectivity index (χ4n) is 2.67. The first-order chi connectivity index (χ1) is 8.43. The van der Waals surface area contributed by atoms with E-state index in [-0.39, 0.29) is 0 Å². The SMILES string of the molecule is c1ccn2c(COC3CCCCC3)ccc2c1. The lowest BCUT2D eigenvalue weighted by molar-refractivity contribution is 0.0150. The third kappa shape index (κ3) is 2.37. The van der Waals surface area contributed by atoms with Crippen molar-refractivity contribution in [3.63, 3.8) is 0 Å². The number of fused-ring (bicyclic) bond motifs is 1. The second-order valence-corrected chi connectivity index (χ2v) is 4.89. The Balaban J connectivity index is 1.68.